The molecular formula is C9H13FNO+. The Morgan fingerprint density at radius 2 is 1.75 bits per heavy atom. The average molecular weight is 170 g/mol. The molecule has 3 heteroatoms. The minimum absolute atomic E-state index is 0.0150. The summed E-state index contributed by atoms with van der Waals surface area (Å²) in [5.41, 5.74) is -0.961. The van der Waals surface area contributed by atoms with Gasteiger partial charge in [0.25, 0.3) is 0 Å². The highest BCUT2D eigenvalue weighted by molar-refractivity contribution is 5.01. The number of hydrogen-bond acceptors (Lipinski definition) is 1. The van der Waals surface area contributed by atoms with Gasteiger partial charge in [-0.25, -0.2) is 4.39 Å². The highest BCUT2D eigenvalue weighted by atomic mass is 19.1. The summed E-state index contributed by atoms with van der Waals surface area (Å²) in [6.07, 6.45) is 3.64. The highest BCUT2D eigenvalue weighted by Crippen LogP contribution is 2.51. The molecule has 0 N–H and O–H groups in total. The second-order valence-corrected chi connectivity index (χ2v) is 4.77. The predicted octanol–water partition coefficient (Wildman–Crippen LogP) is 1.82. The largest absolute Gasteiger partial charge is 0.243 e. The average Bonchev–Trinajstić information content (AvgIpc) is 1.96. The van der Waals surface area contributed by atoms with Gasteiger partial charge in [-0.15, -0.1) is 0 Å². The van der Waals surface area contributed by atoms with Crippen LogP contribution in [0.25, 0.3) is 0 Å². The zero-order valence-corrected chi connectivity index (χ0v) is 7.00. The van der Waals surface area contributed by atoms with Crippen LogP contribution in [-0.4, -0.2) is 22.5 Å². The van der Waals surface area contributed by atoms with E-state index in [0.29, 0.717) is 18.8 Å². The first-order valence-electron chi connectivity index (χ1n) is 4.81. The Hall–Kier alpha value is -0.470. The molecule has 0 aromatic heterocycles. The van der Waals surface area contributed by atoms with Crippen molar-refractivity contribution in [1.82, 2.24) is 0 Å². The van der Waals surface area contributed by atoms with Gasteiger partial charge in [-0.3, -0.25) is 0 Å². The van der Waals surface area contributed by atoms with Crippen molar-refractivity contribution >= 4 is 0 Å². The lowest BCUT2D eigenvalue weighted by Crippen LogP contribution is -2.58. The van der Waals surface area contributed by atoms with Gasteiger partial charge in [0, 0.05) is 35.4 Å². The second-order valence-electron chi connectivity index (χ2n) is 4.77. The Morgan fingerprint density at radius 3 is 2.25 bits per heavy atom. The molecule has 0 amide bonds. The van der Waals surface area contributed by atoms with Crippen molar-refractivity contribution in [2.75, 3.05) is 0 Å². The van der Waals surface area contributed by atoms with Crippen molar-refractivity contribution in [3.05, 3.63) is 4.91 Å². The van der Waals surface area contributed by atoms with Gasteiger partial charge in [-0.2, -0.15) is 0 Å². The molecule has 2 saturated carbocycles. The lowest BCUT2D eigenvalue weighted by molar-refractivity contribution is -0.657. The Bertz CT molecular complexity index is 235. The first kappa shape index (κ1) is 6.98. The Morgan fingerprint density at radius 1 is 1.17 bits per heavy atom. The third-order valence-electron chi connectivity index (χ3n) is 3.79. The molecule has 4 rings (SSSR count). The van der Waals surface area contributed by atoms with Crippen LogP contribution in [-0.2, 0) is 0 Å². The minimum Gasteiger partial charge on any atom is -0.243 e. The smallest absolute Gasteiger partial charge is 0.205 e. The fourth-order valence-electron chi connectivity index (χ4n) is 3.50. The zero-order chi connectivity index (χ0) is 8.34. The number of nitroso groups, excluding NO2 is 1. The van der Waals surface area contributed by atoms with Crippen molar-refractivity contribution in [2.45, 2.75) is 49.9 Å². The Balaban J connectivity index is 2.00. The molecule has 12 heavy (non-hydrogen) atoms. The molecule has 2 heterocycles. The number of nitrogens with zero attached hydrogens (tertiary/aromatic N) is 1. The van der Waals surface area contributed by atoms with E-state index in [-0.39, 0.29) is 12.1 Å². The van der Waals surface area contributed by atoms with Gasteiger partial charge >= 0.3 is 0 Å². The second kappa shape index (κ2) is 1.88. The van der Waals surface area contributed by atoms with E-state index in [1.54, 1.807) is 0 Å². The molecule has 4 fully saturated rings. The van der Waals surface area contributed by atoms with E-state index in [1.807, 2.05) is 0 Å². The Labute approximate surface area is 70.7 Å². The van der Waals surface area contributed by atoms with Gasteiger partial charge in [0.15, 0.2) is 0 Å². The maximum Gasteiger partial charge on any atom is 0.205 e. The van der Waals surface area contributed by atoms with E-state index in [2.05, 4.69) is 0 Å². The van der Waals surface area contributed by atoms with Crippen LogP contribution in [0.1, 0.15) is 32.1 Å². The first-order chi connectivity index (χ1) is 5.66. The van der Waals surface area contributed by atoms with Crippen molar-refractivity contribution in [3.63, 3.8) is 0 Å². The van der Waals surface area contributed by atoms with E-state index in [9.17, 15) is 9.30 Å². The maximum absolute atomic E-state index is 13.9. The van der Waals surface area contributed by atoms with Crippen LogP contribution in [0, 0.1) is 10.8 Å². The number of hydrogen-bond donors (Lipinski definition) is 0. The van der Waals surface area contributed by atoms with Crippen LogP contribution >= 0.6 is 0 Å². The molecule has 2 aliphatic carbocycles. The molecule has 2 aliphatic heterocycles. The molecule has 0 aromatic rings. The molecule has 2 saturated heterocycles. The van der Waals surface area contributed by atoms with E-state index < -0.39 is 5.67 Å². The van der Waals surface area contributed by atoms with Crippen molar-refractivity contribution in [2.24, 2.45) is 5.92 Å². The highest BCUT2D eigenvalue weighted by Gasteiger charge is 2.60. The van der Waals surface area contributed by atoms with E-state index in [0.717, 1.165) is 19.3 Å². The van der Waals surface area contributed by atoms with E-state index in [1.165, 1.54) is 4.76 Å². The predicted molar refractivity (Wildman–Crippen MR) is 41.6 cm³/mol. The molecule has 0 aromatic carbocycles. The standard InChI is InChI=1S/C9H13FNO/c10-9-3-6-1-7(4-9)11(12)8(2-6)5-9/h6-8H,1-5H2/q+1/t6?,7-,8+,9?. The maximum atomic E-state index is 13.9. The van der Waals surface area contributed by atoms with Crippen LogP contribution in [0.5, 0.6) is 0 Å². The first-order valence-corrected chi connectivity index (χ1v) is 4.81. The van der Waals surface area contributed by atoms with Crippen molar-refractivity contribution < 1.29 is 9.15 Å². The van der Waals surface area contributed by atoms with Gasteiger partial charge in [-0.05, 0) is 12.3 Å². The summed E-state index contributed by atoms with van der Waals surface area (Å²) in [6.45, 7) is 0. The number of rotatable bonds is 0. The SMILES string of the molecule is O=[N+]1[C@@H]2CC3C[C@H]1CC(F)(C3)C2. The summed E-state index contributed by atoms with van der Waals surface area (Å²) < 4.78 is 15.1. The molecule has 4 atom stereocenters. The fourth-order valence-corrected chi connectivity index (χ4v) is 3.50. The molecule has 2 nitrogen and oxygen atoms in total. The third kappa shape index (κ3) is 0.744. The molecule has 66 valence electrons. The fraction of sp³-hybridized carbons (Fsp3) is 1.00. The lowest BCUT2D eigenvalue weighted by Gasteiger charge is -2.46. The van der Waals surface area contributed by atoms with Gasteiger partial charge < -0.3 is 0 Å². The van der Waals surface area contributed by atoms with Crippen LogP contribution in [0.15, 0.2) is 0 Å². The molecule has 0 spiro atoms. The van der Waals surface area contributed by atoms with Gasteiger partial charge in [-0.1, -0.05) is 0 Å². The van der Waals surface area contributed by atoms with Crippen LogP contribution in [0.4, 0.5) is 4.39 Å². The third-order valence-corrected chi connectivity index (χ3v) is 3.79. The number of halogens is 1. The minimum atomic E-state index is -0.961. The lowest BCUT2D eigenvalue weighted by atomic mass is 9.63. The Kier molecular flexibility index (Phi) is 1.10. The summed E-state index contributed by atoms with van der Waals surface area (Å²) in [5, 5.41) is 0. The van der Waals surface area contributed by atoms with Crippen molar-refractivity contribution in [3.8, 4) is 0 Å². The molecular weight excluding hydrogens is 157 g/mol. The quantitative estimate of drug-likeness (QED) is 0.508. The summed E-state index contributed by atoms with van der Waals surface area (Å²) >= 11 is 0. The zero-order valence-electron chi connectivity index (χ0n) is 7.00. The number of piperidine rings is 2. The molecule has 4 bridgehead atoms. The summed E-state index contributed by atoms with van der Waals surface area (Å²) in [6, 6.07) is 0.0301. The monoisotopic (exact) mass is 170 g/mol. The van der Waals surface area contributed by atoms with E-state index >= 15 is 0 Å². The molecule has 0 radical (unpaired) electrons. The van der Waals surface area contributed by atoms with Crippen molar-refractivity contribution in [1.29, 1.82) is 0 Å². The van der Waals surface area contributed by atoms with Crippen LogP contribution < -0.4 is 0 Å². The summed E-state index contributed by atoms with van der Waals surface area (Å²) in [5.74, 6) is 0.512. The normalized spacial score (nSPS) is 56.4. The summed E-state index contributed by atoms with van der Waals surface area (Å²) in [4.78, 5) is 11.5. The van der Waals surface area contributed by atoms with Gasteiger partial charge in [0.05, 0.1) is 0 Å². The molecule has 2 unspecified atom stereocenters. The van der Waals surface area contributed by atoms with Crippen LogP contribution in [0.2, 0.25) is 0 Å². The summed E-state index contributed by atoms with van der Waals surface area (Å²) in [7, 11) is 0. The van der Waals surface area contributed by atoms with Gasteiger partial charge in [0.2, 0.25) is 12.1 Å². The van der Waals surface area contributed by atoms with Crippen LogP contribution in [0.3, 0.4) is 0 Å². The molecule has 4 aliphatic rings. The van der Waals surface area contributed by atoms with Gasteiger partial charge in [0.1, 0.15) is 5.67 Å². The number of alkyl halides is 1. The topological polar surface area (TPSA) is 20.1 Å². The van der Waals surface area contributed by atoms with E-state index in [4.69, 9.17) is 0 Å².